The van der Waals surface area contributed by atoms with Crippen molar-refractivity contribution >= 4 is 11.8 Å². The molecule has 2 radical (unpaired) electrons. The Hall–Kier alpha value is 0.350. The Bertz CT molecular complexity index is 23.4. The molecule has 0 spiro atoms. The van der Waals surface area contributed by atoms with E-state index in [4.69, 9.17) is 0 Å². The monoisotopic (exact) mass is 116 g/mol. The van der Waals surface area contributed by atoms with Crippen molar-refractivity contribution in [2.45, 2.75) is 19.8 Å². The van der Waals surface area contributed by atoms with Crippen LogP contribution in [0.1, 0.15) is 19.8 Å². The Morgan fingerprint density at radius 1 is 1.71 bits per heavy atom. The van der Waals surface area contributed by atoms with E-state index in [1.165, 1.54) is 5.75 Å². The highest BCUT2D eigenvalue weighted by Gasteiger charge is 1.80. The van der Waals surface area contributed by atoms with Gasteiger partial charge in [0.25, 0.3) is 0 Å². The van der Waals surface area contributed by atoms with Gasteiger partial charge in [-0.25, -0.2) is 0 Å². The second kappa shape index (κ2) is 6.35. The first-order valence-electron chi connectivity index (χ1n) is 2.64. The van der Waals surface area contributed by atoms with Crippen LogP contribution in [0.3, 0.4) is 0 Å². The molecule has 0 saturated carbocycles. The van der Waals surface area contributed by atoms with Gasteiger partial charge in [-0.15, -0.1) is 0 Å². The lowest BCUT2D eigenvalue weighted by atomic mass is 10.4. The predicted molar refractivity (Wildman–Crippen MR) is 37.0 cm³/mol. The van der Waals surface area contributed by atoms with Gasteiger partial charge in [-0.05, 0) is 12.2 Å². The van der Waals surface area contributed by atoms with Crippen molar-refractivity contribution in [2.24, 2.45) is 0 Å². The van der Waals surface area contributed by atoms with E-state index >= 15 is 0 Å². The molecule has 0 aromatic rings. The van der Waals surface area contributed by atoms with Crippen molar-refractivity contribution in [3.05, 3.63) is 12.7 Å². The van der Waals surface area contributed by atoms with E-state index in [2.05, 4.69) is 19.6 Å². The van der Waals surface area contributed by atoms with Gasteiger partial charge in [-0.1, -0.05) is 20.3 Å². The van der Waals surface area contributed by atoms with Crippen LogP contribution in [0.15, 0.2) is 0 Å². The van der Waals surface area contributed by atoms with E-state index in [0.29, 0.717) is 0 Å². The predicted octanol–water partition coefficient (Wildman–Crippen LogP) is 2.52. The normalized spacial score (nSPS) is 9.43. The molecule has 0 aromatic heterocycles. The molecule has 0 aliphatic carbocycles. The van der Waals surface area contributed by atoms with Gasteiger partial charge in [0.15, 0.2) is 0 Å². The zero-order valence-corrected chi connectivity index (χ0v) is 5.63. The van der Waals surface area contributed by atoms with Crippen molar-refractivity contribution in [1.29, 1.82) is 0 Å². The van der Waals surface area contributed by atoms with E-state index in [1.54, 1.807) is 0 Å². The smallest absolute Gasteiger partial charge is 0.0166 e. The van der Waals surface area contributed by atoms with Crippen LogP contribution in [-0.4, -0.2) is 5.75 Å². The molecule has 0 rings (SSSR count). The van der Waals surface area contributed by atoms with Crippen molar-refractivity contribution < 1.29 is 0 Å². The maximum Gasteiger partial charge on any atom is 0.0166 e. The standard InChI is InChI=1S/C6H12S/c1-3-5-6-7-4-2/h6H,1,3-5H2,2H3. The first-order chi connectivity index (χ1) is 3.41. The third kappa shape index (κ3) is 6.35. The minimum absolute atomic E-state index is 1.03. The lowest BCUT2D eigenvalue weighted by molar-refractivity contribution is 1.03. The lowest BCUT2D eigenvalue weighted by Crippen LogP contribution is -1.68. The molecule has 1 heteroatoms. The molecule has 0 unspecified atom stereocenters. The summed E-state index contributed by atoms with van der Waals surface area (Å²) in [6.07, 6.45) is 2.19. The average molecular weight is 116 g/mol. The molecule has 42 valence electrons. The molecule has 0 heterocycles. The SMILES string of the molecule is [CH2]CC[CH]SCC. The van der Waals surface area contributed by atoms with Crippen LogP contribution in [0.4, 0.5) is 0 Å². The molecular weight excluding hydrogens is 104 g/mol. The topological polar surface area (TPSA) is 0 Å². The molecule has 0 aliphatic rings. The Balaban J connectivity index is 2.45. The second-order valence-electron chi connectivity index (χ2n) is 1.26. The summed E-state index contributed by atoms with van der Waals surface area (Å²) >= 11 is 1.87. The van der Waals surface area contributed by atoms with Crippen LogP contribution in [-0.2, 0) is 0 Å². The van der Waals surface area contributed by atoms with Crippen LogP contribution >= 0.6 is 11.8 Å². The fourth-order valence-electron chi connectivity index (χ4n) is 0.285. The van der Waals surface area contributed by atoms with Crippen LogP contribution in [0.5, 0.6) is 0 Å². The van der Waals surface area contributed by atoms with Crippen LogP contribution < -0.4 is 0 Å². The summed E-state index contributed by atoms with van der Waals surface area (Å²) < 4.78 is 0. The number of rotatable bonds is 4. The van der Waals surface area contributed by atoms with Crippen LogP contribution in [0.2, 0.25) is 0 Å². The zero-order valence-electron chi connectivity index (χ0n) is 4.81. The van der Waals surface area contributed by atoms with Gasteiger partial charge >= 0.3 is 0 Å². The molecule has 0 amide bonds. The first-order valence-corrected chi connectivity index (χ1v) is 3.69. The van der Waals surface area contributed by atoms with Gasteiger partial charge in [-0.3, -0.25) is 0 Å². The molecule has 0 N–H and O–H groups in total. The van der Waals surface area contributed by atoms with Crippen molar-refractivity contribution in [3.63, 3.8) is 0 Å². The molecule has 0 nitrogen and oxygen atoms in total. The highest BCUT2D eigenvalue weighted by Crippen LogP contribution is 2.07. The maximum atomic E-state index is 3.71. The van der Waals surface area contributed by atoms with E-state index in [0.717, 1.165) is 12.8 Å². The van der Waals surface area contributed by atoms with Gasteiger partial charge in [0.05, 0.1) is 0 Å². The van der Waals surface area contributed by atoms with E-state index < -0.39 is 0 Å². The summed E-state index contributed by atoms with van der Waals surface area (Å²) in [4.78, 5) is 0. The molecule has 0 saturated heterocycles. The largest absolute Gasteiger partial charge is 0.158 e. The van der Waals surface area contributed by atoms with Crippen molar-refractivity contribution in [2.75, 3.05) is 5.75 Å². The van der Waals surface area contributed by atoms with E-state index in [1.807, 2.05) is 11.8 Å². The first kappa shape index (κ1) is 7.35. The Morgan fingerprint density at radius 3 is 2.86 bits per heavy atom. The second-order valence-corrected chi connectivity index (χ2v) is 2.51. The summed E-state index contributed by atoms with van der Waals surface area (Å²) in [6.45, 7) is 5.87. The number of hydrogen-bond acceptors (Lipinski definition) is 1. The van der Waals surface area contributed by atoms with Crippen molar-refractivity contribution in [1.82, 2.24) is 0 Å². The highest BCUT2D eigenvalue weighted by atomic mass is 32.2. The fraction of sp³-hybridized carbons (Fsp3) is 0.667. The van der Waals surface area contributed by atoms with Crippen LogP contribution in [0, 0.1) is 12.7 Å². The Morgan fingerprint density at radius 2 is 2.43 bits per heavy atom. The van der Waals surface area contributed by atoms with Crippen molar-refractivity contribution in [3.8, 4) is 0 Å². The fourth-order valence-corrected chi connectivity index (χ4v) is 0.854. The number of thioether (sulfide) groups is 1. The van der Waals surface area contributed by atoms with Gasteiger partial charge in [-0.2, -0.15) is 11.8 Å². The van der Waals surface area contributed by atoms with E-state index in [9.17, 15) is 0 Å². The third-order valence-corrected chi connectivity index (χ3v) is 1.41. The average Bonchev–Trinajstić information content (AvgIpc) is 1.69. The Labute approximate surface area is 50.7 Å². The van der Waals surface area contributed by atoms with Crippen LogP contribution in [0.25, 0.3) is 0 Å². The zero-order chi connectivity index (χ0) is 5.54. The quantitative estimate of drug-likeness (QED) is 0.508. The molecule has 7 heavy (non-hydrogen) atoms. The molecule has 0 aliphatic heterocycles. The molecule has 0 atom stereocenters. The molecular formula is C6H12S. The van der Waals surface area contributed by atoms with Gasteiger partial charge in [0.2, 0.25) is 0 Å². The van der Waals surface area contributed by atoms with Gasteiger partial charge in [0.1, 0.15) is 0 Å². The summed E-state index contributed by atoms with van der Waals surface area (Å²) in [5, 5.41) is 0. The minimum atomic E-state index is 1.03. The maximum absolute atomic E-state index is 3.71. The van der Waals surface area contributed by atoms with Gasteiger partial charge < -0.3 is 0 Å². The van der Waals surface area contributed by atoms with Gasteiger partial charge in [0, 0.05) is 5.75 Å². The third-order valence-electron chi connectivity index (χ3n) is 0.606. The lowest BCUT2D eigenvalue weighted by Gasteiger charge is -1.90. The summed E-state index contributed by atoms with van der Waals surface area (Å²) in [7, 11) is 0. The summed E-state index contributed by atoms with van der Waals surface area (Å²) in [6, 6.07) is 0. The van der Waals surface area contributed by atoms with E-state index in [-0.39, 0.29) is 0 Å². The molecule has 0 fully saturated rings. The highest BCUT2D eigenvalue weighted by molar-refractivity contribution is 8.01. The summed E-state index contributed by atoms with van der Waals surface area (Å²) in [5.74, 6) is 3.41. The number of unbranched alkanes of at least 4 members (excludes halogenated alkanes) is 1. The minimum Gasteiger partial charge on any atom is -0.158 e. The number of hydrogen-bond donors (Lipinski definition) is 0. The summed E-state index contributed by atoms with van der Waals surface area (Å²) in [5.41, 5.74) is 0. The molecule has 0 bridgehead atoms. The molecule has 0 aromatic carbocycles. The Kier molecular flexibility index (Phi) is 6.67.